The third-order valence-corrected chi connectivity index (χ3v) is 5.92. The molecule has 0 N–H and O–H groups in total. The Balaban J connectivity index is 1.89. The average Bonchev–Trinajstić information content (AvgIpc) is 3.29. The van der Waals surface area contributed by atoms with Gasteiger partial charge in [0.2, 0.25) is 0 Å². The van der Waals surface area contributed by atoms with Crippen molar-refractivity contribution in [3.8, 4) is 22.7 Å². The first kappa shape index (κ1) is 24.5. The normalized spacial score (nSPS) is 10.6. The van der Waals surface area contributed by atoms with Crippen molar-refractivity contribution in [2.24, 2.45) is 0 Å². The molecule has 3 aromatic carbocycles. The van der Waals surface area contributed by atoms with Crippen LogP contribution in [0, 0.1) is 0 Å². The van der Waals surface area contributed by atoms with Gasteiger partial charge in [-0.1, -0.05) is 57.9 Å². The summed E-state index contributed by atoms with van der Waals surface area (Å²) in [5.41, 5.74) is 1.97. The molecule has 0 saturated heterocycles. The fraction of sp³-hybridized carbons (Fsp3) is 0.115. The second-order valence-corrected chi connectivity index (χ2v) is 8.71. The number of para-hydroxylation sites is 1. The summed E-state index contributed by atoms with van der Waals surface area (Å²) in [6.45, 7) is 0.263. The van der Waals surface area contributed by atoms with Crippen LogP contribution in [0.3, 0.4) is 0 Å². The van der Waals surface area contributed by atoms with E-state index in [1.807, 2.05) is 30.3 Å². The highest BCUT2D eigenvalue weighted by molar-refractivity contribution is 9.10. The van der Waals surface area contributed by atoms with Crippen LogP contribution in [-0.2, 0) is 16.1 Å². The SMILES string of the molecule is COC(=O)c1c(-c2cc(Cl)ccc2OCc2ccc(Br)cc2)nn(-c2ccccc2)c1C(=O)OC. The Hall–Kier alpha value is -3.62. The Morgan fingerprint density at radius 1 is 0.943 bits per heavy atom. The van der Waals surface area contributed by atoms with E-state index in [0.717, 1.165) is 10.0 Å². The van der Waals surface area contributed by atoms with Crippen molar-refractivity contribution in [1.82, 2.24) is 9.78 Å². The first-order valence-corrected chi connectivity index (χ1v) is 11.6. The van der Waals surface area contributed by atoms with Crippen LogP contribution in [0.1, 0.15) is 26.4 Å². The van der Waals surface area contributed by atoms with Crippen molar-refractivity contribution in [2.75, 3.05) is 14.2 Å². The number of halogens is 2. The summed E-state index contributed by atoms with van der Waals surface area (Å²) in [5.74, 6) is -1.06. The Morgan fingerprint density at radius 2 is 1.63 bits per heavy atom. The number of ether oxygens (including phenoxy) is 3. The van der Waals surface area contributed by atoms with Gasteiger partial charge >= 0.3 is 11.9 Å². The van der Waals surface area contributed by atoms with Gasteiger partial charge in [0.1, 0.15) is 23.6 Å². The summed E-state index contributed by atoms with van der Waals surface area (Å²) < 4.78 is 18.4. The van der Waals surface area contributed by atoms with Crippen LogP contribution in [0.25, 0.3) is 16.9 Å². The topological polar surface area (TPSA) is 79.7 Å². The minimum atomic E-state index is -0.749. The van der Waals surface area contributed by atoms with E-state index in [9.17, 15) is 9.59 Å². The van der Waals surface area contributed by atoms with Gasteiger partial charge in [0, 0.05) is 15.1 Å². The maximum atomic E-state index is 12.9. The Bertz CT molecular complexity index is 1370. The lowest BCUT2D eigenvalue weighted by molar-refractivity contribution is 0.0549. The fourth-order valence-electron chi connectivity index (χ4n) is 3.50. The third-order valence-electron chi connectivity index (χ3n) is 5.16. The maximum Gasteiger partial charge on any atom is 0.357 e. The van der Waals surface area contributed by atoms with Crippen LogP contribution in [-0.4, -0.2) is 35.9 Å². The number of hydrogen-bond acceptors (Lipinski definition) is 6. The summed E-state index contributed by atoms with van der Waals surface area (Å²) in [4.78, 5) is 25.8. The molecule has 0 bridgehead atoms. The second kappa shape index (κ2) is 10.8. The van der Waals surface area contributed by atoms with Crippen molar-refractivity contribution >= 4 is 39.5 Å². The van der Waals surface area contributed by atoms with Crippen molar-refractivity contribution in [1.29, 1.82) is 0 Å². The van der Waals surface area contributed by atoms with Crippen LogP contribution in [0.15, 0.2) is 77.3 Å². The molecule has 7 nitrogen and oxygen atoms in total. The van der Waals surface area contributed by atoms with Gasteiger partial charge in [-0.3, -0.25) is 0 Å². The van der Waals surface area contributed by atoms with E-state index in [0.29, 0.717) is 22.0 Å². The molecule has 0 radical (unpaired) electrons. The molecule has 1 aromatic heterocycles. The number of carbonyl (C=O) groups is 2. The summed E-state index contributed by atoms with van der Waals surface area (Å²) >= 11 is 9.74. The first-order chi connectivity index (χ1) is 16.9. The molecule has 9 heteroatoms. The van der Waals surface area contributed by atoms with Crippen LogP contribution in [0.2, 0.25) is 5.02 Å². The number of methoxy groups -OCH3 is 2. The zero-order valence-electron chi connectivity index (χ0n) is 18.8. The molecule has 4 rings (SSSR count). The number of carbonyl (C=O) groups excluding carboxylic acids is 2. The first-order valence-electron chi connectivity index (χ1n) is 10.4. The van der Waals surface area contributed by atoms with Gasteiger partial charge in [0.15, 0.2) is 5.69 Å². The van der Waals surface area contributed by atoms with E-state index >= 15 is 0 Å². The van der Waals surface area contributed by atoms with Crippen molar-refractivity contribution in [3.63, 3.8) is 0 Å². The molecule has 0 unspecified atom stereocenters. The molecular weight excluding hydrogens is 536 g/mol. The van der Waals surface area contributed by atoms with Gasteiger partial charge in [-0.05, 0) is 48.0 Å². The molecule has 0 amide bonds. The number of nitrogens with zero attached hydrogens (tertiary/aromatic N) is 2. The van der Waals surface area contributed by atoms with Crippen LogP contribution >= 0.6 is 27.5 Å². The molecule has 0 fully saturated rings. The summed E-state index contributed by atoms with van der Waals surface area (Å²) in [7, 11) is 2.47. The minimum absolute atomic E-state index is 0.0565. The van der Waals surface area contributed by atoms with Crippen LogP contribution < -0.4 is 4.74 Å². The summed E-state index contributed by atoms with van der Waals surface area (Å²) in [6, 6.07) is 21.6. The fourth-order valence-corrected chi connectivity index (χ4v) is 3.93. The number of aromatic nitrogens is 2. The highest BCUT2D eigenvalue weighted by atomic mass is 79.9. The van der Waals surface area contributed by atoms with E-state index in [2.05, 4.69) is 21.0 Å². The van der Waals surface area contributed by atoms with Gasteiger partial charge < -0.3 is 14.2 Å². The Labute approximate surface area is 215 Å². The molecule has 0 spiro atoms. The molecule has 0 saturated carbocycles. The lowest BCUT2D eigenvalue weighted by Crippen LogP contribution is -2.15. The summed E-state index contributed by atoms with van der Waals surface area (Å²) in [6.07, 6.45) is 0. The van der Waals surface area contributed by atoms with Gasteiger partial charge in [-0.15, -0.1) is 0 Å². The molecular formula is C26H20BrClN2O5. The smallest absolute Gasteiger partial charge is 0.357 e. The number of benzene rings is 3. The lowest BCUT2D eigenvalue weighted by Gasteiger charge is -2.12. The number of rotatable bonds is 7. The molecule has 0 aliphatic carbocycles. The van der Waals surface area contributed by atoms with E-state index in [4.69, 9.17) is 25.8 Å². The van der Waals surface area contributed by atoms with Crippen molar-refractivity contribution < 1.29 is 23.8 Å². The van der Waals surface area contributed by atoms with E-state index in [1.54, 1.807) is 42.5 Å². The van der Waals surface area contributed by atoms with Gasteiger partial charge in [0.25, 0.3) is 0 Å². The second-order valence-electron chi connectivity index (χ2n) is 7.36. The molecule has 0 atom stereocenters. The maximum absolute atomic E-state index is 12.9. The van der Waals surface area contributed by atoms with Gasteiger partial charge in [-0.2, -0.15) is 5.10 Å². The van der Waals surface area contributed by atoms with Crippen molar-refractivity contribution in [2.45, 2.75) is 6.61 Å². The zero-order chi connectivity index (χ0) is 24.9. The Morgan fingerprint density at radius 3 is 2.29 bits per heavy atom. The molecule has 0 aliphatic heterocycles. The predicted molar refractivity (Wildman–Crippen MR) is 135 cm³/mol. The zero-order valence-corrected chi connectivity index (χ0v) is 21.2. The van der Waals surface area contributed by atoms with Crippen molar-refractivity contribution in [3.05, 3.63) is 99.1 Å². The lowest BCUT2D eigenvalue weighted by atomic mass is 10.0. The van der Waals surface area contributed by atoms with E-state index < -0.39 is 11.9 Å². The molecule has 0 aliphatic rings. The monoisotopic (exact) mass is 554 g/mol. The largest absolute Gasteiger partial charge is 0.488 e. The van der Waals surface area contributed by atoms with Crippen LogP contribution in [0.5, 0.6) is 5.75 Å². The summed E-state index contributed by atoms with van der Waals surface area (Å²) in [5, 5.41) is 5.03. The van der Waals surface area contributed by atoms with Gasteiger partial charge in [-0.25, -0.2) is 14.3 Å². The number of hydrogen-bond donors (Lipinski definition) is 0. The highest BCUT2D eigenvalue weighted by Crippen LogP contribution is 2.37. The standard InChI is InChI=1S/C26H20BrClN2O5/c1-33-25(31)22-23(29-30(24(22)26(32)34-2)19-6-4-3-5-7-19)20-14-18(28)12-13-21(20)35-15-16-8-10-17(27)11-9-16/h3-14H,15H2,1-2H3. The highest BCUT2D eigenvalue weighted by Gasteiger charge is 2.32. The molecule has 35 heavy (non-hydrogen) atoms. The van der Waals surface area contributed by atoms with Crippen LogP contribution in [0.4, 0.5) is 0 Å². The minimum Gasteiger partial charge on any atom is -0.488 e. The molecule has 1 heterocycles. The van der Waals surface area contributed by atoms with Gasteiger partial charge in [0.05, 0.1) is 19.9 Å². The average molecular weight is 556 g/mol. The quantitative estimate of drug-likeness (QED) is 0.256. The predicted octanol–water partition coefficient (Wildman–Crippen LogP) is 6.11. The Kier molecular flexibility index (Phi) is 7.53. The van der Waals surface area contributed by atoms with E-state index in [-0.39, 0.29) is 23.6 Å². The van der Waals surface area contributed by atoms with E-state index in [1.165, 1.54) is 18.9 Å². The number of esters is 2. The molecule has 178 valence electrons. The molecule has 4 aromatic rings. The third kappa shape index (κ3) is 5.23.